The zero-order valence-corrected chi connectivity index (χ0v) is 21.1. The number of ether oxygens (including phenoxy) is 4. The molecule has 9 heteroatoms. The van der Waals surface area contributed by atoms with Crippen LogP contribution in [0.5, 0.6) is 23.0 Å². The average Bonchev–Trinajstić information content (AvgIpc) is 3.23. The molecule has 3 aromatic carbocycles. The van der Waals surface area contributed by atoms with Gasteiger partial charge in [0.05, 0.1) is 31.8 Å². The second kappa shape index (κ2) is 11.5. The van der Waals surface area contributed by atoms with Gasteiger partial charge in [0, 0.05) is 6.07 Å². The molecule has 2 amide bonds. The van der Waals surface area contributed by atoms with Gasteiger partial charge < -0.3 is 18.9 Å². The van der Waals surface area contributed by atoms with Gasteiger partial charge in [-0.2, -0.15) is 0 Å². The summed E-state index contributed by atoms with van der Waals surface area (Å²) in [6, 6.07) is 19.4. The average molecular weight is 518 g/mol. The molecule has 3 aromatic rings. The number of imide groups is 1. The summed E-state index contributed by atoms with van der Waals surface area (Å²) in [6.07, 6.45) is 3.33. The van der Waals surface area contributed by atoms with Crippen LogP contribution in [0.3, 0.4) is 0 Å². The van der Waals surface area contributed by atoms with Crippen LogP contribution in [-0.2, 0) is 14.3 Å². The van der Waals surface area contributed by atoms with Gasteiger partial charge in [0.2, 0.25) is 0 Å². The first-order valence-corrected chi connectivity index (χ1v) is 11.9. The molecule has 0 unspecified atom stereocenters. The molecule has 0 atom stereocenters. The van der Waals surface area contributed by atoms with E-state index in [1.807, 2.05) is 0 Å². The number of methoxy groups -OCH3 is 3. The van der Waals surface area contributed by atoms with E-state index in [1.165, 1.54) is 7.11 Å². The van der Waals surface area contributed by atoms with Crippen molar-refractivity contribution in [2.75, 3.05) is 21.3 Å². The van der Waals surface area contributed by atoms with Crippen LogP contribution in [0.2, 0.25) is 0 Å². The lowest BCUT2D eigenvalue weighted by Crippen LogP contribution is -2.17. The van der Waals surface area contributed by atoms with E-state index in [0.717, 1.165) is 17.3 Å². The maximum Gasteiger partial charge on any atom is 0.338 e. The van der Waals surface area contributed by atoms with Crippen molar-refractivity contribution in [3.63, 3.8) is 0 Å². The summed E-state index contributed by atoms with van der Waals surface area (Å²) < 4.78 is 21.7. The normalized spacial score (nSPS) is 14.4. The Labute approximate surface area is 217 Å². The van der Waals surface area contributed by atoms with Crippen molar-refractivity contribution >= 4 is 46.6 Å². The first kappa shape index (κ1) is 25.6. The highest BCUT2D eigenvalue weighted by molar-refractivity contribution is 8.18. The predicted molar refractivity (Wildman–Crippen MR) is 141 cm³/mol. The number of carbonyl (C=O) groups excluding carboxylic acids is 3. The van der Waals surface area contributed by atoms with E-state index in [2.05, 4.69) is 5.32 Å². The van der Waals surface area contributed by atoms with Crippen molar-refractivity contribution in [3.8, 4) is 23.0 Å². The molecule has 0 aliphatic carbocycles. The molecule has 0 aromatic heterocycles. The van der Waals surface area contributed by atoms with Crippen LogP contribution < -0.4 is 19.5 Å². The number of esters is 1. The molecule has 188 valence electrons. The third-order valence-corrected chi connectivity index (χ3v) is 6.10. The number of carbonyl (C=O) groups is 3. The van der Waals surface area contributed by atoms with Crippen molar-refractivity contribution in [1.29, 1.82) is 0 Å². The van der Waals surface area contributed by atoms with E-state index in [9.17, 15) is 14.4 Å². The SMILES string of the molecule is COC(=O)/C(=C/c1cc(OC)cc(OC)c1)c1cccc(Oc2ccc(/C=C3/SC(=O)NC3=O)cc2)c1. The van der Waals surface area contributed by atoms with Gasteiger partial charge in [-0.1, -0.05) is 24.3 Å². The number of thioether (sulfide) groups is 1. The summed E-state index contributed by atoms with van der Waals surface area (Å²) in [7, 11) is 4.43. The van der Waals surface area contributed by atoms with Crippen LogP contribution in [0.15, 0.2) is 71.6 Å². The smallest absolute Gasteiger partial charge is 0.338 e. The van der Waals surface area contributed by atoms with E-state index < -0.39 is 11.9 Å². The van der Waals surface area contributed by atoms with Gasteiger partial charge in [0.15, 0.2) is 0 Å². The standard InChI is InChI=1S/C28H23NO7S/c1-33-22-11-18(12-23(16-22)34-2)13-24(27(31)35-3)19-5-4-6-21(15-19)36-20-9-7-17(8-10-20)14-25-26(30)29-28(32)37-25/h4-16H,1-3H3,(H,29,30,32)/b24-13+,25-14+. The molecule has 1 aliphatic rings. The molecule has 4 rings (SSSR count). The van der Waals surface area contributed by atoms with Crippen LogP contribution in [0.1, 0.15) is 16.7 Å². The molecule has 1 heterocycles. The Morgan fingerprint density at radius 1 is 0.811 bits per heavy atom. The molecule has 0 spiro atoms. The van der Waals surface area contributed by atoms with E-state index in [4.69, 9.17) is 18.9 Å². The van der Waals surface area contributed by atoms with Crippen LogP contribution >= 0.6 is 11.8 Å². The van der Waals surface area contributed by atoms with Gasteiger partial charge in [0.25, 0.3) is 11.1 Å². The largest absolute Gasteiger partial charge is 0.497 e. The second-order valence-electron chi connectivity index (χ2n) is 7.75. The summed E-state index contributed by atoms with van der Waals surface area (Å²) in [5, 5.41) is 1.84. The van der Waals surface area contributed by atoms with E-state index in [-0.39, 0.29) is 5.24 Å². The predicted octanol–water partition coefficient (Wildman–Crippen LogP) is 5.53. The van der Waals surface area contributed by atoms with Gasteiger partial charge in [0.1, 0.15) is 23.0 Å². The fraction of sp³-hybridized carbons (Fsp3) is 0.107. The molecule has 0 saturated carbocycles. The van der Waals surface area contributed by atoms with Crippen molar-refractivity contribution in [2.24, 2.45) is 0 Å². The summed E-state index contributed by atoms with van der Waals surface area (Å²) in [4.78, 5) is 36.1. The number of amides is 2. The van der Waals surface area contributed by atoms with Crippen molar-refractivity contribution in [2.45, 2.75) is 0 Å². The van der Waals surface area contributed by atoms with Crippen LogP contribution in [0.25, 0.3) is 17.7 Å². The molecule has 0 radical (unpaired) electrons. The van der Waals surface area contributed by atoms with E-state index in [1.54, 1.807) is 93.1 Å². The monoisotopic (exact) mass is 517 g/mol. The van der Waals surface area contributed by atoms with Crippen LogP contribution in [-0.4, -0.2) is 38.4 Å². The Balaban J connectivity index is 1.59. The Hall–Kier alpha value is -4.50. The number of nitrogens with one attached hydrogen (secondary N) is 1. The molecule has 37 heavy (non-hydrogen) atoms. The summed E-state index contributed by atoms with van der Waals surface area (Å²) in [5.41, 5.74) is 2.37. The minimum absolute atomic E-state index is 0.326. The highest BCUT2D eigenvalue weighted by Gasteiger charge is 2.24. The number of hydrogen-bond acceptors (Lipinski definition) is 8. The third-order valence-electron chi connectivity index (χ3n) is 5.29. The quantitative estimate of drug-likeness (QED) is 0.236. The van der Waals surface area contributed by atoms with E-state index in [0.29, 0.717) is 44.6 Å². The highest BCUT2D eigenvalue weighted by Crippen LogP contribution is 2.30. The van der Waals surface area contributed by atoms with E-state index >= 15 is 0 Å². The maximum absolute atomic E-state index is 12.7. The zero-order valence-electron chi connectivity index (χ0n) is 20.3. The van der Waals surface area contributed by atoms with Gasteiger partial charge >= 0.3 is 5.97 Å². The first-order valence-electron chi connectivity index (χ1n) is 11.0. The van der Waals surface area contributed by atoms with Gasteiger partial charge in [-0.05, 0) is 77.0 Å². The molecular weight excluding hydrogens is 494 g/mol. The Bertz CT molecular complexity index is 1390. The Kier molecular flexibility index (Phi) is 7.95. The third kappa shape index (κ3) is 6.39. The van der Waals surface area contributed by atoms with Gasteiger partial charge in [-0.25, -0.2) is 4.79 Å². The number of rotatable bonds is 8. The Morgan fingerprint density at radius 2 is 1.51 bits per heavy atom. The topological polar surface area (TPSA) is 100 Å². The lowest BCUT2D eigenvalue weighted by atomic mass is 10.0. The minimum atomic E-state index is -0.511. The molecule has 8 nitrogen and oxygen atoms in total. The molecular formula is C28H23NO7S. The molecule has 0 bridgehead atoms. The highest BCUT2D eigenvalue weighted by atomic mass is 32.2. The molecule has 1 aliphatic heterocycles. The summed E-state index contributed by atoms with van der Waals surface area (Å²) >= 11 is 0.861. The molecule has 1 fully saturated rings. The van der Waals surface area contributed by atoms with Crippen LogP contribution in [0, 0.1) is 0 Å². The molecule has 1 saturated heterocycles. The Morgan fingerprint density at radius 3 is 2.11 bits per heavy atom. The number of benzene rings is 3. The van der Waals surface area contributed by atoms with Crippen molar-refractivity contribution < 1.29 is 33.3 Å². The summed E-state index contributed by atoms with van der Waals surface area (Å²) in [6.45, 7) is 0. The van der Waals surface area contributed by atoms with Crippen molar-refractivity contribution in [1.82, 2.24) is 5.32 Å². The fourth-order valence-corrected chi connectivity index (χ4v) is 4.20. The molecule has 1 N–H and O–H groups in total. The zero-order chi connectivity index (χ0) is 26.4. The van der Waals surface area contributed by atoms with Crippen molar-refractivity contribution in [3.05, 3.63) is 88.3 Å². The first-order chi connectivity index (χ1) is 17.9. The maximum atomic E-state index is 12.7. The minimum Gasteiger partial charge on any atom is -0.497 e. The summed E-state index contributed by atoms with van der Waals surface area (Å²) in [5.74, 6) is 1.32. The van der Waals surface area contributed by atoms with Gasteiger partial charge in [-0.3, -0.25) is 14.9 Å². The van der Waals surface area contributed by atoms with Crippen LogP contribution in [0.4, 0.5) is 4.79 Å². The fourth-order valence-electron chi connectivity index (χ4n) is 3.52. The lowest BCUT2D eigenvalue weighted by molar-refractivity contribution is -0.133. The lowest BCUT2D eigenvalue weighted by Gasteiger charge is -2.11. The van der Waals surface area contributed by atoms with Gasteiger partial charge in [-0.15, -0.1) is 0 Å². The number of hydrogen-bond donors (Lipinski definition) is 1. The second-order valence-corrected chi connectivity index (χ2v) is 8.76.